The lowest BCUT2D eigenvalue weighted by Gasteiger charge is -2.21. The van der Waals surface area contributed by atoms with Crippen LogP contribution in [0.4, 0.5) is 0 Å². The summed E-state index contributed by atoms with van der Waals surface area (Å²) in [5, 5.41) is 0. The number of hydrogen-bond donors (Lipinski definition) is 1. The summed E-state index contributed by atoms with van der Waals surface area (Å²) >= 11 is 0. The first-order valence-corrected chi connectivity index (χ1v) is 5.76. The van der Waals surface area contributed by atoms with Gasteiger partial charge in [0.05, 0.1) is 5.69 Å². The van der Waals surface area contributed by atoms with Gasteiger partial charge in [-0.15, -0.1) is 0 Å². The number of carbonyl (C=O) groups excluding carboxylic acids is 1. The molecule has 0 unspecified atom stereocenters. The van der Waals surface area contributed by atoms with Crippen molar-refractivity contribution in [2.24, 2.45) is 0 Å². The molecule has 3 rings (SSSR count). The smallest absolute Gasteiger partial charge is 0.134 e. The number of Topliss-reactive ketones (excluding diaryl/α,β-unsaturated/α-hetero) is 1. The van der Waals surface area contributed by atoms with E-state index in [1.54, 1.807) is 12.4 Å². The Kier molecular flexibility index (Phi) is 2.48. The van der Waals surface area contributed by atoms with Crippen molar-refractivity contribution in [3.05, 3.63) is 47.8 Å². The van der Waals surface area contributed by atoms with Gasteiger partial charge in [-0.3, -0.25) is 9.78 Å². The molecule has 0 spiro atoms. The Bertz CT molecular complexity index is 525. The molecule has 0 aliphatic heterocycles. The monoisotopic (exact) mass is 227 g/mol. The van der Waals surface area contributed by atoms with Gasteiger partial charge in [-0.25, -0.2) is 4.98 Å². The van der Waals surface area contributed by atoms with Crippen molar-refractivity contribution in [2.45, 2.75) is 25.2 Å². The molecule has 1 saturated carbocycles. The molecule has 0 aromatic carbocycles. The van der Waals surface area contributed by atoms with Crippen LogP contribution in [0, 0.1) is 0 Å². The van der Waals surface area contributed by atoms with Crippen molar-refractivity contribution in [3.8, 4) is 0 Å². The minimum Gasteiger partial charge on any atom is -0.348 e. The van der Waals surface area contributed by atoms with Crippen molar-refractivity contribution in [2.75, 3.05) is 0 Å². The Morgan fingerprint density at radius 1 is 1.29 bits per heavy atom. The topological polar surface area (TPSA) is 58.6 Å². The molecule has 1 N–H and O–H groups in total. The first-order valence-electron chi connectivity index (χ1n) is 5.76. The van der Waals surface area contributed by atoms with Crippen LogP contribution >= 0.6 is 0 Å². The molecule has 0 amide bonds. The number of rotatable bonds is 3. The maximum atomic E-state index is 10.9. The molecule has 2 aromatic heterocycles. The maximum absolute atomic E-state index is 10.9. The van der Waals surface area contributed by atoms with E-state index >= 15 is 0 Å². The van der Waals surface area contributed by atoms with Crippen LogP contribution in [0.3, 0.4) is 0 Å². The number of nitrogens with zero attached hydrogens (tertiary/aromatic N) is 2. The third-order valence-electron chi connectivity index (χ3n) is 3.12. The second-order valence-corrected chi connectivity index (χ2v) is 4.45. The summed E-state index contributed by atoms with van der Waals surface area (Å²) in [6.45, 7) is 0. The highest BCUT2D eigenvalue weighted by molar-refractivity contribution is 5.86. The van der Waals surface area contributed by atoms with E-state index in [0.29, 0.717) is 24.5 Å². The Labute approximate surface area is 99.1 Å². The number of aromatic nitrogens is 3. The van der Waals surface area contributed by atoms with E-state index in [1.807, 2.05) is 18.3 Å². The molecule has 4 nitrogen and oxygen atoms in total. The number of nitrogens with one attached hydrogen (secondary N) is 1. The summed E-state index contributed by atoms with van der Waals surface area (Å²) in [7, 11) is 0. The molecule has 0 bridgehead atoms. The van der Waals surface area contributed by atoms with E-state index in [0.717, 1.165) is 17.9 Å². The maximum Gasteiger partial charge on any atom is 0.134 e. The molecule has 1 fully saturated rings. The Hall–Kier alpha value is -1.97. The Morgan fingerprint density at radius 2 is 2.06 bits per heavy atom. The number of imidazole rings is 1. The first kappa shape index (κ1) is 10.2. The quantitative estimate of drug-likeness (QED) is 0.870. The second-order valence-electron chi connectivity index (χ2n) is 4.45. The van der Waals surface area contributed by atoms with Gasteiger partial charge in [0, 0.05) is 43.8 Å². The third kappa shape index (κ3) is 2.11. The molecule has 4 heteroatoms. The zero-order valence-corrected chi connectivity index (χ0v) is 9.39. The molecule has 0 saturated heterocycles. The average molecular weight is 227 g/mol. The molecule has 17 heavy (non-hydrogen) atoms. The summed E-state index contributed by atoms with van der Waals surface area (Å²) in [5.74, 6) is 1.60. The number of carbonyl (C=O) groups is 1. The summed E-state index contributed by atoms with van der Waals surface area (Å²) in [6.07, 6.45) is 7.59. The van der Waals surface area contributed by atoms with Gasteiger partial charge in [0.15, 0.2) is 0 Å². The van der Waals surface area contributed by atoms with Gasteiger partial charge in [0.2, 0.25) is 0 Å². The highest BCUT2D eigenvalue weighted by Crippen LogP contribution is 2.31. The summed E-state index contributed by atoms with van der Waals surface area (Å²) in [6, 6.07) is 3.97. The second kappa shape index (κ2) is 4.13. The minimum absolute atomic E-state index is 0.314. The third-order valence-corrected chi connectivity index (χ3v) is 3.12. The van der Waals surface area contributed by atoms with Gasteiger partial charge in [-0.05, 0) is 17.7 Å². The van der Waals surface area contributed by atoms with Crippen molar-refractivity contribution in [3.63, 3.8) is 0 Å². The van der Waals surface area contributed by atoms with Crippen molar-refractivity contribution >= 4 is 5.78 Å². The Balaban J connectivity index is 1.71. The predicted octanol–water partition coefficient (Wildman–Crippen LogP) is 1.84. The largest absolute Gasteiger partial charge is 0.348 e. The number of H-pyrrole nitrogens is 1. The van der Waals surface area contributed by atoms with Crippen molar-refractivity contribution < 1.29 is 4.79 Å². The molecule has 2 heterocycles. The van der Waals surface area contributed by atoms with Gasteiger partial charge in [-0.1, -0.05) is 0 Å². The summed E-state index contributed by atoms with van der Waals surface area (Å²) in [4.78, 5) is 22.6. The SMILES string of the molecule is O=C1CC(c2nc(Cc3ccncc3)c[nH]2)C1. The molecule has 1 aliphatic rings. The van der Waals surface area contributed by atoms with Crippen LogP contribution in [0.2, 0.25) is 0 Å². The summed E-state index contributed by atoms with van der Waals surface area (Å²) in [5.41, 5.74) is 2.22. The van der Waals surface area contributed by atoms with Crippen LogP contribution < -0.4 is 0 Å². The summed E-state index contributed by atoms with van der Waals surface area (Å²) < 4.78 is 0. The van der Waals surface area contributed by atoms with E-state index in [9.17, 15) is 4.79 Å². The van der Waals surface area contributed by atoms with Crippen molar-refractivity contribution in [1.29, 1.82) is 0 Å². The standard InChI is InChI=1S/C13H13N3O/c17-12-6-10(7-12)13-15-8-11(16-13)5-9-1-3-14-4-2-9/h1-4,8,10H,5-7H2,(H,15,16). The average Bonchev–Trinajstić information content (AvgIpc) is 2.74. The fourth-order valence-corrected chi connectivity index (χ4v) is 2.07. The Morgan fingerprint density at radius 3 is 2.76 bits per heavy atom. The molecule has 0 radical (unpaired) electrons. The first-order chi connectivity index (χ1) is 8.31. The van der Waals surface area contributed by atoms with Gasteiger partial charge in [0.1, 0.15) is 11.6 Å². The van der Waals surface area contributed by atoms with Crippen LogP contribution in [0.25, 0.3) is 0 Å². The normalized spacial score (nSPS) is 15.9. The lowest BCUT2D eigenvalue weighted by atomic mass is 9.83. The minimum atomic E-state index is 0.314. The molecule has 2 aromatic rings. The zero-order chi connectivity index (χ0) is 11.7. The van der Waals surface area contributed by atoms with Crippen LogP contribution in [-0.4, -0.2) is 20.7 Å². The van der Waals surface area contributed by atoms with Crippen LogP contribution in [0.5, 0.6) is 0 Å². The molecule has 1 aliphatic carbocycles. The molecule has 0 atom stereocenters. The highest BCUT2D eigenvalue weighted by Gasteiger charge is 2.30. The van der Waals surface area contributed by atoms with E-state index in [1.165, 1.54) is 5.56 Å². The zero-order valence-electron chi connectivity index (χ0n) is 9.39. The van der Waals surface area contributed by atoms with Gasteiger partial charge < -0.3 is 4.98 Å². The van der Waals surface area contributed by atoms with E-state index in [-0.39, 0.29) is 0 Å². The van der Waals surface area contributed by atoms with Gasteiger partial charge >= 0.3 is 0 Å². The van der Waals surface area contributed by atoms with Crippen LogP contribution in [0.15, 0.2) is 30.7 Å². The van der Waals surface area contributed by atoms with Gasteiger partial charge in [0.25, 0.3) is 0 Å². The molecule has 86 valence electrons. The molecular formula is C13H13N3O. The number of hydrogen-bond acceptors (Lipinski definition) is 3. The number of pyridine rings is 1. The lowest BCUT2D eigenvalue weighted by Crippen LogP contribution is -2.22. The van der Waals surface area contributed by atoms with Gasteiger partial charge in [-0.2, -0.15) is 0 Å². The number of aromatic amines is 1. The van der Waals surface area contributed by atoms with E-state index in [2.05, 4.69) is 15.0 Å². The van der Waals surface area contributed by atoms with Crippen molar-refractivity contribution in [1.82, 2.24) is 15.0 Å². The lowest BCUT2D eigenvalue weighted by molar-refractivity contribution is -0.124. The predicted molar refractivity (Wildman–Crippen MR) is 62.6 cm³/mol. The van der Waals surface area contributed by atoms with E-state index in [4.69, 9.17) is 0 Å². The number of ketones is 1. The molecular weight excluding hydrogens is 214 g/mol. The fourth-order valence-electron chi connectivity index (χ4n) is 2.07. The highest BCUT2D eigenvalue weighted by atomic mass is 16.1. The van der Waals surface area contributed by atoms with Crippen LogP contribution in [-0.2, 0) is 11.2 Å². The van der Waals surface area contributed by atoms with E-state index < -0.39 is 0 Å². The van der Waals surface area contributed by atoms with Crippen LogP contribution in [0.1, 0.15) is 35.8 Å². The fraction of sp³-hybridized carbons (Fsp3) is 0.308.